The van der Waals surface area contributed by atoms with Crippen LogP contribution in [-0.4, -0.2) is 18.9 Å². The molecular weight excluding hydrogens is 252 g/mol. The van der Waals surface area contributed by atoms with Gasteiger partial charge in [0.05, 0.1) is 7.11 Å². The quantitative estimate of drug-likeness (QED) is 0.773. The number of carbonyl (C=O) groups excluding carboxylic acids is 2. The van der Waals surface area contributed by atoms with Gasteiger partial charge in [-0.15, -0.1) is 0 Å². The largest absolute Gasteiger partial charge is 0.469 e. The fraction of sp³-hybridized carbons (Fsp3) is 0.529. The van der Waals surface area contributed by atoms with Gasteiger partial charge >= 0.3 is 5.97 Å². The molecular formula is C17H26O3. The lowest BCUT2D eigenvalue weighted by Crippen LogP contribution is -2.10. The number of methoxy groups -OCH3 is 1. The van der Waals surface area contributed by atoms with E-state index in [1.807, 2.05) is 13.0 Å². The molecule has 0 spiro atoms. The number of Topliss-reactive ketones (excluding diaryl/α,β-unsaturated/α-hetero) is 1. The van der Waals surface area contributed by atoms with Gasteiger partial charge in [-0.1, -0.05) is 45.0 Å². The van der Waals surface area contributed by atoms with E-state index in [4.69, 9.17) is 0 Å². The highest BCUT2D eigenvalue weighted by Crippen LogP contribution is 2.14. The molecule has 20 heavy (non-hydrogen) atoms. The Morgan fingerprint density at radius 3 is 2.05 bits per heavy atom. The molecule has 0 radical (unpaired) electrons. The average Bonchev–Trinajstić information content (AvgIpc) is 2.47. The van der Waals surface area contributed by atoms with E-state index >= 15 is 0 Å². The maximum atomic E-state index is 11.1. The molecule has 1 aromatic carbocycles. The van der Waals surface area contributed by atoms with Crippen LogP contribution in [-0.2, 0) is 27.2 Å². The van der Waals surface area contributed by atoms with Crippen LogP contribution < -0.4 is 0 Å². The van der Waals surface area contributed by atoms with Gasteiger partial charge in [-0.3, -0.25) is 9.59 Å². The first-order valence-electron chi connectivity index (χ1n) is 7.10. The average molecular weight is 278 g/mol. The minimum Gasteiger partial charge on any atom is -0.469 e. The monoisotopic (exact) mass is 278 g/mol. The van der Waals surface area contributed by atoms with Crippen molar-refractivity contribution >= 4 is 11.8 Å². The summed E-state index contributed by atoms with van der Waals surface area (Å²) in [4.78, 5) is 21.1. The summed E-state index contributed by atoms with van der Waals surface area (Å²) in [6.45, 7) is 7.57. The van der Waals surface area contributed by atoms with E-state index in [-0.39, 0.29) is 17.7 Å². The molecule has 0 aliphatic heterocycles. The van der Waals surface area contributed by atoms with E-state index in [1.165, 1.54) is 18.2 Å². The number of aryl methyl sites for hydroxylation is 1. The molecule has 0 N–H and O–H groups in total. The van der Waals surface area contributed by atoms with Gasteiger partial charge in [-0.2, -0.15) is 0 Å². The van der Waals surface area contributed by atoms with Crippen LogP contribution >= 0.6 is 0 Å². The molecule has 0 aromatic heterocycles. The van der Waals surface area contributed by atoms with E-state index in [2.05, 4.69) is 29.9 Å². The Labute approximate surface area is 122 Å². The van der Waals surface area contributed by atoms with Crippen molar-refractivity contribution in [3.05, 3.63) is 35.4 Å². The molecule has 0 fully saturated rings. The second kappa shape index (κ2) is 10.2. The van der Waals surface area contributed by atoms with Crippen LogP contribution in [0.1, 0.15) is 45.2 Å². The molecule has 0 aliphatic rings. The predicted octanol–water partition coefficient (Wildman–Crippen LogP) is 3.59. The zero-order valence-electron chi connectivity index (χ0n) is 13.2. The van der Waals surface area contributed by atoms with Crippen LogP contribution in [0.15, 0.2) is 24.3 Å². The number of hydrogen-bond donors (Lipinski definition) is 0. The SMILES string of the molecule is CCC(=O)OC.CCc1ccccc1C[C@H](C)C(C)=O. The highest BCUT2D eigenvalue weighted by molar-refractivity contribution is 5.78. The van der Waals surface area contributed by atoms with Crippen molar-refractivity contribution in [3.63, 3.8) is 0 Å². The number of ether oxygens (including phenoxy) is 1. The molecule has 0 heterocycles. The van der Waals surface area contributed by atoms with Crippen molar-refractivity contribution in [2.24, 2.45) is 5.92 Å². The van der Waals surface area contributed by atoms with Crippen molar-refractivity contribution in [1.29, 1.82) is 0 Å². The van der Waals surface area contributed by atoms with E-state index in [0.717, 1.165) is 12.8 Å². The molecule has 0 saturated heterocycles. The molecule has 112 valence electrons. The third-order valence-electron chi connectivity index (χ3n) is 3.24. The summed E-state index contributed by atoms with van der Waals surface area (Å²) in [5, 5.41) is 0. The third-order valence-corrected chi connectivity index (χ3v) is 3.24. The Balaban J connectivity index is 0.000000511. The minimum atomic E-state index is -0.157. The maximum absolute atomic E-state index is 11.1. The Morgan fingerprint density at radius 2 is 1.70 bits per heavy atom. The highest BCUT2D eigenvalue weighted by Gasteiger charge is 2.10. The van der Waals surface area contributed by atoms with Crippen molar-refractivity contribution in [1.82, 2.24) is 0 Å². The molecule has 0 unspecified atom stereocenters. The lowest BCUT2D eigenvalue weighted by molar-refractivity contribution is -0.140. The van der Waals surface area contributed by atoms with Crippen molar-refractivity contribution in [2.75, 3.05) is 7.11 Å². The highest BCUT2D eigenvalue weighted by atomic mass is 16.5. The molecule has 0 amide bonds. The summed E-state index contributed by atoms with van der Waals surface area (Å²) in [6.07, 6.45) is 2.39. The van der Waals surface area contributed by atoms with Gasteiger partial charge in [-0.05, 0) is 30.9 Å². The summed E-state index contributed by atoms with van der Waals surface area (Å²) < 4.78 is 4.26. The second-order valence-electron chi connectivity index (χ2n) is 4.77. The summed E-state index contributed by atoms with van der Waals surface area (Å²) in [6, 6.07) is 8.36. The molecule has 1 aromatic rings. The first-order chi connectivity index (χ1) is 9.46. The van der Waals surface area contributed by atoms with Crippen LogP contribution in [0, 0.1) is 5.92 Å². The maximum Gasteiger partial charge on any atom is 0.305 e. The standard InChI is InChI=1S/C13H18O.C4H8O2/c1-4-12-7-5-6-8-13(12)9-10(2)11(3)14;1-3-4(5)6-2/h5-8,10H,4,9H2,1-3H3;3H2,1-2H3/t10-;/m0./s1. The number of carbonyl (C=O) groups is 2. The minimum absolute atomic E-state index is 0.141. The lowest BCUT2D eigenvalue weighted by Gasteiger charge is -2.11. The van der Waals surface area contributed by atoms with Gasteiger partial charge in [0, 0.05) is 12.3 Å². The zero-order valence-corrected chi connectivity index (χ0v) is 13.2. The number of esters is 1. The van der Waals surface area contributed by atoms with Gasteiger partial charge in [0.15, 0.2) is 0 Å². The van der Waals surface area contributed by atoms with Gasteiger partial charge in [0.25, 0.3) is 0 Å². The summed E-state index contributed by atoms with van der Waals surface area (Å²) in [7, 11) is 1.38. The molecule has 0 aliphatic carbocycles. The molecule has 1 atom stereocenters. The molecule has 0 bridgehead atoms. The first-order valence-corrected chi connectivity index (χ1v) is 7.10. The number of rotatable bonds is 5. The van der Waals surface area contributed by atoms with Gasteiger partial charge in [-0.25, -0.2) is 0 Å². The van der Waals surface area contributed by atoms with Crippen molar-refractivity contribution in [3.8, 4) is 0 Å². The molecule has 3 heteroatoms. The van der Waals surface area contributed by atoms with E-state index in [1.54, 1.807) is 13.8 Å². The van der Waals surface area contributed by atoms with Crippen molar-refractivity contribution < 1.29 is 14.3 Å². The summed E-state index contributed by atoms with van der Waals surface area (Å²) >= 11 is 0. The van der Waals surface area contributed by atoms with Crippen LogP contribution in [0.2, 0.25) is 0 Å². The fourth-order valence-electron chi connectivity index (χ4n) is 1.72. The van der Waals surface area contributed by atoms with Crippen LogP contribution in [0.25, 0.3) is 0 Å². The van der Waals surface area contributed by atoms with E-state index in [9.17, 15) is 9.59 Å². The topological polar surface area (TPSA) is 43.4 Å². The Bertz CT molecular complexity index is 418. The Hall–Kier alpha value is -1.64. The van der Waals surface area contributed by atoms with Crippen LogP contribution in [0.5, 0.6) is 0 Å². The molecule has 3 nitrogen and oxygen atoms in total. The number of ketones is 1. The number of hydrogen-bond acceptors (Lipinski definition) is 3. The predicted molar refractivity (Wildman–Crippen MR) is 81.7 cm³/mol. The second-order valence-corrected chi connectivity index (χ2v) is 4.77. The van der Waals surface area contributed by atoms with Gasteiger partial charge in [0.2, 0.25) is 0 Å². The number of benzene rings is 1. The van der Waals surface area contributed by atoms with E-state index in [0.29, 0.717) is 6.42 Å². The van der Waals surface area contributed by atoms with E-state index < -0.39 is 0 Å². The van der Waals surface area contributed by atoms with Gasteiger partial charge in [0.1, 0.15) is 5.78 Å². The lowest BCUT2D eigenvalue weighted by atomic mass is 9.94. The summed E-state index contributed by atoms with van der Waals surface area (Å²) in [5.74, 6) is 0.258. The Kier molecular flexibility index (Phi) is 9.35. The smallest absolute Gasteiger partial charge is 0.305 e. The van der Waals surface area contributed by atoms with Crippen LogP contribution in [0.3, 0.4) is 0 Å². The van der Waals surface area contributed by atoms with Gasteiger partial charge < -0.3 is 4.74 Å². The molecule has 1 rings (SSSR count). The normalized spacial score (nSPS) is 11.1. The fourth-order valence-corrected chi connectivity index (χ4v) is 1.72. The van der Waals surface area contributed by atoms with Crippen LogP contribution in [0.4, 0.5) is 0 Å². The third kappa shape index (κ3) is 7.07. The first kappa shape index (κ1) is 18.4. The molecule has 0 saturated carbocycles. The Morgan fingerprint density at radius 1 is 1.15 bits per heavy atom. The van der Waals surface area contributed by atoms with Crippen molar-refractivity contribution in [2.45, 2.75) is 47.0 Å². The summed E-state index contributed by atoms with van der Waals surface area (Å²) in [5.41, 5.74) is 2.68. The zero-order chi connectivity index (χ0) is 15.5.